The molecule has 3 heterocycles. The minimum Gasteiger partial charge on any atom is -0.868 e. The van der Waals surface area contributed by atoms with Gasteiger partial charge in [0.2, 0.25) is 4.90 Å². The summed E-state index contributed by atoms with van der Waals surface area (Å²) in [6, 6.07) is 6.48. The highest BCUT2D eigenvalue weighted by molar-refractivity contribution is 7.97. The van der Waals surface area contributed by atoms with Crippen LogP contribution in [0.2, 0.25) is 0 Å². The molecule has 0 saturated carbocycles. The second-order valence-corrected chi connectivity index (χ2v) is 8.75. The number of amides is 1. The van der Waals surface area contributed by atoms with Crippen molar-refractivity contribution in [1.29, 1.82) is 0 Å². The Hall–Kier alpha value is -3.07. The summed E-state index contributed by atoms with van der Waals surface area (Å²) in [6.45, 7) is 0.928. The lowest BCUT2D eigenvalue weighted by molar-refractivity contribution is -0.270. The Bertz CT molecular complexity index is 1100. The van der Waals surface area contributed by atoms with Crippen LogP contribution in [0.4, 0.5) is 0 Å². The summed E-state index contributed by atoms with van der Waals surface area (Å²) in [4.78, 5) is 29.9. The van der Waals surface area contributed by atoms with Crippen LogP contribution in [0.1, 0.15) is 10.6 Å². The summed E-state index contributed by atoms with van der Waals surface area (Å²) < 4.78 is 15.7. The number of pyridine rings is 1. The standard InChI is InChI=1S/C20H20N2O6S/c1-26-15-10-12-13(11-16(15)27-2)21-19(24)18(17(12)23)29-8-5-22(6-9-29)20(25)14-4-3-7-28-14/h3-4,7,10-11H,5-6,8-9H2,1-2H3,(H-,21,23,24). The van der Waals surface area contributed by atoms with Crippen LogP contribution >= 0.6 is 0 Å². The van der Waals surface area contributed by atoms with Gasteiger partial charge in [0.15, 0.2) is 17.3 Å². The SMILES string of the molecule is COc1cc2[nH]c(=O)c([S+]3CCN(C(=O)c4ccco4)CC3)c([O-])c2cc1OC. The van der Waals surface area contributed by atoms with Gasteiger partial charge < -0.3 is 28.9 Å². The zero-order chi connectivity index (χ0) is 20.5. The Morgan fingerprint density at radius 3 is 2.52 bits per heavy atom. The van der Waals surface area contributed by atoms with Crippen LogP contribution in [0.15, 0.2) is 44.6 Å². The number of furan rings is 1. The molecule has 0 bridgehead atoms. The first-order chi connectivity index (χ1) is 14.0. The third-order valence-electron chi connectivity index (χ3n) is 4.95. The molecule has 1 aromatic carbocycles. The van der Waals surface area contributed by atoms with Crippen molar-refractivity contribution in [3.8, 4) is 17.2 Å². The molecule has 152 valence electrons. The maximum Gasteiger partial charge on any atom is 0.303 e. The molecule has 3 aromatic rings. The van der Waals surface area contributed by atoms with Crippen LogP contribution < -0.4 is 20.1 Å². The van der Waals surface area contributed by atoms with Gasteiger partial charge in [-0.25, -0.2) is 0 Å². The first kappa shape index (κ1) is 19.3. The number of H-pyrrole nitrogens is 1. The quantitative estimate of drug-likeness (QED) is 0.643. The summed E-state index contributed by atoms with van der Waals surface area (Å²) in [5, 5.41) is 13.5. The van der Waals surface area contributed by atoms with Crippen LogP contribution in [0, 0.1) is 0 Å². The summed E-state index contributed by atoms with van der Waals surface area (Å²) in [6.07, 6.45) is 1.46. The number of methoxy groups -OCH3 is 2. The average molecular weight is 416 g/mol. The van der Waals surface area contributed by atoms with Crippen LogP contribution in [-0.4, -0.2) is 54.6 Å². The van der Waals surface area contributed by atoms with E-state index >= 15 is 0 Å². The van der Waals surface area contributed by atoms with Gasteiger partial charge in [0, 0.05) is 17.0 Å². The molecular formula is C20H20N2O6S. The molecule has 0 unspecified atom stereocenters. The third kappa shape index (κ3) is 3.42. The van der Waals surface area contributed by atoms with Crippen LogP contribution in [0.5, 0.6) is 17.2 Å². The van der Waals surface area contributed by atoms with Gasteiger partial charge in [-0.1, -0.05) is 0 Å². The van der Waals surface area contributed by atoms with Gasteiger partial charge in [0.05, 0.1) is 39.1 Å². The minimum atomic E-state index is -0.540. The molecule has 4 rings (SSSR count). The number of benzene rings is 1. The summed E-state index contributed by atoms with van der Waals surface area (Å²) in [7, 11) is 2.45. The van der Waals surface area contributed by atoms with Crippen molar-refractivity contribution in [2.24, 2.45) is 0 Å². The van der Waals surface area contributed by atoms with Gasteiger partial charge in [-0.3, -0.25) is 9.59 Å². The smallest absolute Gasteiger partial charge is 0.303 e. The number of aromatic amines is 1. The van der Waals surface area contributed by atoms with E-state index in [2.05, 4.69) is 4.98 Å². The lowest BCUT2D eigenvalue weighted by Gasteiger charge is -2.27. The first-order valence-electron chi connectivity index (χ1n) is 9.02. The maximum atomic E-state index is 13.1. The summed E-state index contributed by atoms with van der Waals surface area (Å²) in [5.41, 5.74) is 0.0282. The number of nitrogens with one attached hydrogen (secondary N) is 1. The van der Waals surface area contributed by atoms with E-state index in [1.807, 2.05) is 0 Å². The molecule has 1 amide bonds. The fourth-order valence-electron chi connectivity index (χ4n) is 3.45. The Morgan fingerprint density at radius 1 is 1.21 bits per heavy atom. The van der Waals surface area contributed by atoms with E-state index in [0.717, 1.165) is 0 Å². The molecule has 1 N–H and O–H groups in total. The van der Waals surface area contributed by atoms with Crippen LogP contribution in [-0.2, 0) is 10.9 Å². The van der Waals surface area contributed by atoms with Crippen molar-refractivity contribution in [3.05, 3.63) is 46.6 Å². The van der Waals surface area contributed by atoms with E-state index in [9.17, 15) is 14.7 Å². The number of rotatable bonds is 4. The Kier molecular flexibility index (Phi) is 5.14. The van der Waals surface area contributed by atoms with E-state index in [1.54, 1.807) is 29.2 Å². The van der Waals surface area contributed by atoms with E-state index in [4.69, 9.17) is 13.9 Å². The van der Waals surface area contributed by atoms with Gasteiger partial charge in [0.1, 0.15) is 11.5 Å². The number of ether oxygens (including phenoxy) is 2. The first-order valence-corrected chi connectivity index (χ1v) is 10.6. The van der Waals surface area contributed by atoms with Gasteiger partial charge >= 0.3 is 5.56 Å². The summed E-state index contributed by atoms with van der Waals surface area (Å²) in [5.74, 6) is 1.81. The van der Waals surface area contributed by atoms with E-state index in [1.165, 1.54) is 20.5 Å². The second kappa shape index (κ2) is 7.75. The Morgan fingerprint density at radius 2 is 1.90 bits per heavy atom. The molecule has 0 radical (unpaired) electrons. The molecule has 8 nitrogen and oxygen atoms in total. The largest absolute Gasteiger partial charge is 0.868 e. The third-order valence-corrected chi connectivity index (χ3v) is 7.25. The van der Waals surface area contributed by atoms with E-state index in [-0.39, 0.29) is 22.1 Å². The topological polar surface area (TPSA) is 108 Å². The predicted molar refractivity (Wildman–Crippen MR) is 107 cm³/mol. The lowest BCUT2D eigenvalue weighted by atomic mass is 10.2. The summed E-state index contributed by atoms with van der Waals surface area (Å²) >= 11 is 0. The average Bonchev–Trinajstić information content (AvgIpc) is 3.28. The monoisotopic (exact) mass is 416 g/mol. The minimum absolute atomic E-state index is 0.176. The van der Waals surface area contributed by atoms with Crippen molar-refractivity contribution >= 4 is 27.7 Å². The zero-order valence-electron chi connectivity index (χ0n) is 16.0. The molecular weight excluding hydrogens is 396 g/mol. The molecule has 1 saturated heterocycles. The zero-order valence-corrected chi connectivity index (χ0v) is 16.8. The number of carbonyl (C=O) groups excluding carboxylic acids is 1. The normalized spacial score (nSPS) is 14.9. The molecule has 0 aliphatic carbocycles. The number of carbonyl (C=O) groups is 1. The van der Waals surface area contributed by atoms with Crippen molar-refractivity contribution in [2.45, 2.75) is 4.90 Å². The number of fused-ring (bicyclic) bond motifs is 1. The molecule has 0 atom stereocenters. The van der Waals surface area contributed by atoms with E-state index in [0.29, 0.717) is 52.8 Å². The number of hydrogen-bond donors (Lipinski definition) is 1. The number of nitrogens with zero attached hydrogens (tertiary/aromatic N) is 1. The molecule has 2 aromatic heterocycles. The van der Waals surface area contributed by atoms with Gasteiger partial charge in [-0.05, 0) is 29.3 Å². The molecule has 1 aliphatic heterocycles. The molecule has 0 spiro atoms. The molecule has 9 heteroatoms. The Labute approximate surface area is 169 Å². The van der Waals surface area contributed by atoms with Crippen LogP contribution in [0.3, 0.4) is 0 Å². The van der Waals surface area contributed by atoms with Crippen molar-refractivity contribution in [3.63, 3.8) is 0 Å². The van der Waals surface area contributed by atoms with Crippen molar-refractivity contribution < 1.29 is 23.8 Å². The predicted octanol–water partition coefficient (Wildman–Crippen LogP) is 1.35. The van der Waals surface area contributed by atoms with Crippen molar-refractivity contribution in [2.75, 3.05) is 38.8 Å². The fraction of sp³-hybridized carbons (Fsp3) is 0.300. The fourth-order valence-corrected chi connectivity index (χ4v) is 5.63. The van der Waals surface area contributed by atoms with E-state index < -0.39 is 10.9 Å². The van der Waals surface area contributed by atoms with Gasteiger partial charge in [0.25, 0.3) is 5.91 Å². The number of hydrogen-bond acceptors (Lipinski definition) is 6. The van der Waals surface area contributed by atoms with Gasteiger partial charge in [-0.15, -0.1) is 0 Å². The molecule has 1 fully saturated rings. The molecule has 1 aliphatic rings. The Balaban J connectivity index is 1.63. The lowest BCUT2D eigenvalue weighted by Crippen LogP contribution is -2.45. The number of aromatic nitrogens is 1. The van der Waals surface area contributed by atoms with Gasteiger partial charge in [-0.2, -0.15) is 0 Å². The second-order valence-electron chi connectivity index (χ2n) is 6.54. The maximum absolute atomic E-state index is 13.1. The highest BCUT2D eigenvalue weighted by Gasteiger charge is 2.35. The highest BCUT2D eigenvalue weighted by Crippen LogP contribution is 2.36. The highest BCUT2D eigenvalue weighted by atomic mass is 32.2. The van der Waals surface area contributed by atoms with Crippen LogP contribution in [0.25, 0.3) is 10.9 Å². The van der Waals surface area contributed by atoms with Crippen molar-refractivity contribution in [1.82, 2.24) is 9.88 Å². The molecule has 29 heavy (non-hydrogen) atoms.